The lowest BCUT2D eigenvalue weighted by atomic mass is 9.90. The molecule has 2 aromatic rings. The number of benzene rings is 1. The van der Waals surface area contributed by atoms with Crippen LogP contribution in [-0.2, 0) is 12.8 Å². The fraction of sp³-hybridized carbons (Fsp3) is 0.375. The molecule has 20 heavy (non-hydrogen) atoms. The molecule has 104 valence electrons. The fourth-order valence-electron chi connectivity index (χ4n) is 2.89. The van der Waals surface area contributed by atoms with Gasteiger partial charge >= 0.3 is 0 Å². The monoisotopic (exact) mass is 270 g/mol. The molecule has 0 spiro atoms. The molecule has 0 N–H and O–H groups in total. The first-order valence-electron chi connectivity index (χ1n) is 7.00. The maximum Gasteiger partial charge on any atom is 0.120 e. The number of aromatic nitrogens is 1. The summed E-state index contributed by atoms with van der Waals surface area (Å²) >= 11 is 0. The summed E-state index contributed by atoms with van der Waals surface area (Å²) < 4.78 is 5.45. The van der Waals surface area contributed by atoms with Gasteiger partial charge in [-0.25, -0.2) is 0 Å². The number of hydrogen-bond donors (Lipinski definition) is 0. The van der Waals surface area contributed by atoms with Crippen LogP contribution in [0.3, 0.4) is 0 Å². The van der Waals surface area contributed by atoms with Gasteiger partial charge in [-0.15, -0.1) is 0 Å². The SMILES string of the molecule is CCOc1ccc2nc3c(c(C(=O)[O-])c2c1)CCCC3. The van der Waals surface area contributed by atoms with Gasteiger partial charge in [-0.1, -0.05) is 0 Å². The Hall–Kier alpha value is -2.10. The van der Waals surface area contributed by atoms with Crippen LogP contribution in [0.15, 0.2) is 18.2 Å². The lowest BCUT2D eigenvalue weighted by Crippen LogP contribution is -2.26. The van der Waals surface area contributed by atoms with E-state index in [1.54, 1.807) is 6.07 Å². The van der Waals surface area contributed by atoms with E-state index in [9.17, 15) is 9.90 Å². The minimum atomic E-state index is -1.12. The van der Waals surface area contributed by atoms with Crippen molar-refractivity contribution in [2.45, 2.75) is 32.6 Å². The molecular weight excluding hydrogens is 254 g/mol. The molecule has 1 aliphatic rings. The van der Waals surface area contributed by atoms with Crippen molar-refractivity contribution >= 4 is 16.9 Å². The van der Waals surface area contributed by atoms with Crippen molar-refractivity contribution in [2.75, 3.05) is 6.61 Å². The molecule has 0 saturated heterocycles. The van der Waals surface area contributed by atoms with Crippen molar-refractivity contribution in [3.63, 3.8) is 0 Å². The van der Waals surface area contributed by atoms with Crippen molar-refractivity contribution in [3.8, 4) is 5.75 Å². The van der Waals surface area contributed by atoms with Crippen molar-refractivity contribution in [3.05, 3.63) is 35.0 Å². The van der Waals surface area contributed by atoms with E-state index in [4.69, 9.17) is 4.74 Å². The summed E-state index contributed by atoms with van der Waals surface area (Å²) in [5.41, 5.74) is 2.75. The Morgan fingerprint density at radius 2 is 2.15 bits per heavy atom. The first-order valence-corrected chi connectivity index (χ1v) is 7.00. The molecule has 0 radical (unpaired) electrons. The van der Waals surface area contributed by atoms with E-state index in [0.717, 1.165) is 36.9 Å². The molecular formula is C16H16NO3-. The van der Waals surface area contributed by atoms with Crippen molar-refractivity contribution in [1.29, 1.82) is 0 Å². The number of aromatic carboxylic acids is 1. The van der Waals surface area contributed by atoms with Crippen LogP contribution in [0.2, 0.25) is 0 Å². The minimum absolute atomic E-state index is 0.297. The van der Waals surface area contributed by atoms with Gasteiger partial charge in [0, 0.05) is 16.6 Å². The molecule has 4 heteroatoms. The molecule has 1 aromatic heterocycles. The van der Waals surface area contributed by atoms with Crippen molar-refractivity contribution in [1.82, 2.24) is 4.98 Å². The number of ether oxygens (including phenoxy) is 1. The number of carboxylic acids is 1. The molecule has 1 aromatic carbocycles. The van der Waals surface area contributed by atoms with Crippen molar-refractivity contribution < 1.29 is 14.6 Å². The highest BCUT2D eigenvalue weighted by molar-refractivity contribution is 6.03. The van der Waals surface area contributed by atoms with E-state index in [1.807, 2.05) is 19.1 Å². The number of rotatable bonds is 3. The van der Waals surface area contributed by atoms with E-state index in [2.05, 4.69) is 4.98 Å². The van der Waals surface area contributed by atoms with Crippen LogP contribution < -0.4 is 9.84 Å². The average molecular weight is 270 g/mol. The van der Waals surface area contributed by atoms with E-state index >= 15 is 0 Å². The number of hydrogen-bond acceptors (Lipinski definition) is 4. The van der Waals surface area contributed by atoms with Crippen LogP contribution in [-0.4, -0.2) is 17.6 Å². The third-order valence-corrected chi connectivity index (χ3v) is 3.75. The molecule has 3 rings (SSSR count). The Morgan fingerprint density at radius 1 is 1.35 bits per heavy atom. The number of pyridine rings is 1. The van der Waals surface area contributed by atoms with Crippen LogP contribution >= 0.6 is 0 Å². The van der Waals surface area contributed by atoms with Gasteiger partial charge in [-0.3, -0.25) is 4.98 Å². The molecule has 0 bridgehead atoms. The minimum Gasteiger partial charge on any atom is -0.545 e. The molecule has 0 fully saturated rings. The Bertz CT molecular complexity index is 679. The van der Waals surface area contributed by atoms with E-state index in [1.165, 1.54) is 0 Å². The van der Waals surface area contributed by atoms with Crippen LogP contribution in [0.1, 0.15) is 41.4 Å². The summed E-state index contributed by atoms with van der Waals surface area (Å²) in [6.07, 6.45) is 3.68. The summed E-state index contributed by atoms with van der Waals surface area (Å²) in [5.74, 6) is -0.454. The lowest BCUT2D eigenvalue weighted by molar-refractivity contribution is -0.254. The topological polar surface area (TPSA) is 62.2 Å². The van der Waals surface area contributed by atoms with Gasteiger partial charge in [-0.05, 0) is 56.4 Å². The van der Waals surface area contributed by atoms with E-state index in [0.29, 0.717) is 28.8 Å². The Labute approximate surface area is 117 Å². The summed E-state index contributed by atoms with van der Waals surface area (Å²) in [4.78, 5) is 16.2. The Morgan fingerprint density at radius 3 is 2.90 bits per heavy atom. The average Bonchev–Trinajstić information content (AvgIpc) is 2.44. The van der Waals surface area contributed by atoms with Crippen molar-refractivity contribution in [2.24, 2.45) is 0 Å². The maximum atomic E-state index is 11.6. The van der Waals surface area contributed by atoms with Gasteiger partial charge in [-0.2, -0.15) is 0 Å². The summed E-state index contributed by atoms with van der Waals surface area (Å²) in [7, 11) is 0. The second-order valence-corrected chi connectivity index (χ2v) is 5.02. The largest absolute Gasteiger partial charge is 0.545 e. The normalized spacial score (nSPS) is 14.1. The third-order valence-electron chi connectivity index (χ3n) is 3.75. The summed E-state index contributed by atoms with van der Waals surface area (Å²) in [6.45, 7) is 2.44. The molecule has 1 heterocycles. The number of carbonyl (C=O) groups is 1. The predicted molar refractivity (Wildman–Crippen MR) is 73.9 cm³/mol. The van der Waals surface area contributed by atoms with Gasteiger partial charge < -0.3 is 14.6 Å². The zero-order chi connectivity index (χ0) is 14.1. The first kappa shape index (κ1) is 12.9. The van der Waals surface area contributed by atoms with E-state index < -0.39 is 5.97 Å². The lowest BCUT2D eigenvalue weighted by Gasteiger charge is -2.21. The molecule has 0 saturated carbocycles. The molecule has 4 nitrogen and oxygen atoms in total. The van der Waals surface area contributed by atoms with Crippen LogP contribution in [0.25, 0.3) is 10.9 Å². The standard InChI is InChI=1S/C16H17NO3/c1-2-20-10-7-8-14-12(9-10)15(16(18)19)11-5-3-4-6-13(11)17-14/h7-9H,2-6H2,1H3,(H,18,19)/p-1. The van der Waals surface area contributed by atoms with Gasteiger partial charge in [0.25, 0.3) is 0 Å². The van der Waals surface area contributed by atoms with Crippen LogP contribution in [0, 0.1) is 0 Å². The zero-order valence-corrected chi connectivity index (χ0v) is 11.4. The molecule has 1 aliphatic carbocycles. The first-order chi connectivity index (χ1) is 9.70. The molecule has 0 amide bonds. The highest BCUT2D eigenvalue weighted by Crippen LogP contribution is 2.30. The van der Waals surface area contributed by atoms with Crippen LogP contribution in [0.4, 0.5) is 0 Å². The second-order valence-electron chi connectivity index (χ2n) is 5.02. The number of carbonyl (C=O) groups excluding carboxylic acids is 1. The summed E-state index contributed by atoms with van der Waals surface area (Å²) in [5, 5.41) is 12.2. The summed E-state index contributed by atoms with van der Waals surface area (Å²) in [6, 6.07) is 5.40. The molecule has 0 aliphatic heterocycles. The molecule has 0 atom stereocenters. The zero-order valence-electron chi connectivity index (χ0n) is 11.4. The van der Waals surface area contributed by atoms with E-state index in [-0.39, 0.29) is 0 Å². The van der Waals surface area contributed by atoms with Crippen LogP contribution in [0.5, 0.6) is 5.75 Å². The third kappa shape index (κ3) is 2.11. The number of carboxylic acid groups (broad SMARTS) is 1. The Balaban J connectivity index is 2.28. The Kier molecular flexibility index (Phi) is 3.30. The highest BCUT2D eigenvalue weighted by atomic mass is 16.5. The number of nitrogens with zero attached hydrogens (tertiary/aromatic N) is 1. The molecule has 0 unspecified atom stereocenters. The fourth-order valence-corrected chi connectivity index (χ4v) is 2.89. The maximum absolute atomic E-state index is 11.6. The smallest absolute Gasteiger partial charge is 0.120 e. The quantitative estimate of drug-likeness (QED) is 0.854. The second kappa shape index (κ2) is 5.12. The number of aryl methyl sites for hydroxylation is 1. The van der Waals surface area contributed by atoms with Gasteiger partial charge in [0.05, 0.1) is 18.1 Å². The highest BCUT2D eigenvalue weighted by Gasteiger charge is 2.19. The van der Waals surface area contributed by atoms with Gasteiger partial charge in [0.1, 0.15) is 5.75 Å². The predicted octanol–water partition coefficient (Wildman–Crippen LogP) is 1.88. The number of fused-ring (bicyclic) bond motifs is 2. The van der Waals surface area contributed by atoms with Gasteiger partial charge in [0.2, 0.25) is 0 Å². The van der Waals surface area contributed by atoms with Gasteiger partial charge in [0.15, 0.2) is 0 Å².